The first-order chi connectivity index (χ1) is 9.72. The predicted octanol–water partition coefficient (Wildman–Crippen LogP) is 0.676. The first-order valence-corrected chi connectivity index (χ1v) is 6.63. The molecule has 1 aliphatic rings. The van der Waals surface area contributed by atoms with Gasteiger partial charge < -0.3 is 14.7 Å². The lowest BCUT2D eigenvalue weighted by Crippen LogP contribution is -2.34. The van der Waals surface area contributed by atoms with Crippen molar-refractivity contribution in [3.8, 4) is 11.8 Å². The van der Waals surface area contributed by atoms with Crippen molar-refractivity contribution in [3.63, 3.8) is 0 Å². The van der Waals surface area contributed by atoms with Gasteiger partial charge in [-0.05, 0) is 18.9 Å². The van der Waals surface area contributed by atoms with E-state index in [1.165, 1.54) is 6.20 Å². The third-order valence-corrected chi connectivity index (χ3v) is 3.20. The second kappa shape index (κ2) is 7.04. The normalized spacial score (nSPS) is 17.4. The lowest BCUT2D eigenvalue weighted by atomic mass is 10.1. The highest BCUT2D eigenvalue weighted by molar-refractivity contribution is 5.96. The molecule has 1 N–H and O–H groups in total. The molecule has 0 spiro atoms. The molecule has 1 amide bonds. The van der Waals surface area contributed by atoms with Gasteiger partial charge in [-0.25, -0.2) is 0 Å². The van der Waals surface area contributed by atoms with E-state index in [4.69, 9.17) is 9.84 Å². The minimum Gasteiger partial charge on any atom is -0.384 e. The number of hydrogen-bond acceptors (Lipinski definition) is 4. The molecule has 1 unspecified atom stereocenters. The van der Waals surface area contributed by atoms with Crippen molar-refractivity contribution in [2.75, 3.05) is 26.8 Å². The first kappa shape index (κ1) is 14.5. The largest absolute Gasteiger partial charge is 0.384 e. The second-order valence-electron chi connectivity index (χ2n) is 4.70. The molecule has 5 nitrogen and oxygen atoms in total. The third kappa shape index (κ3) is 3.56. The lowest BCUT2D eigenvalue weighted by molar-refractivity contribution is 0.0587. The molecule has 0 radical (unpaired) electrons. The fraction of sp³-hybridized carbons (Fsp3) is 0.467. The van der Waals surface area contributed by atoms with Gasteiger partial charge in [0, 0.05) is 32.6 Å². The number of pyridine rings is 1. The van der Waals surface area contributed by atoms with E-state index >= 15 is 0 Å². The number of likely N-dealkylation sites (N-methyl/N-ethyl adjacent to an activating group) is 1. The zero-order valence-electron chi connectivity index (χ0n) is 11.5. The van der Waals surface area contributed by atoms with E-state index in [9.17, 15) is 4.79 Å². The van der Waals surface area contributed by atoms with Crippen LogP contribution in [-0.4, -0.2) is 53.8 Å². The maximum Gasteiger partial charge on any atom is 0.255 e. The standard InChI is InChI=1S/C15H18N2O3/c1-17(11-13-5-3-9-20-13)15(19)14-6-7-16-10-12(14)4-2-8-18/h6-7,10,13,18H,3,5,8-9,11H2,1H3. The summed E-state index contributed by atoms with van der Waals surface area (Å²) in [6, 6.07) is 1.65. The molecule has 2 heterocycles. The molecule has 106 valence electrons. The average molecular weight is 274 g/mol. The number of aliphatic hydroxyl groups is 1. The number of ether oxygens (including phenoxy) is 1. The number of carbonyl (C=O) groups excluding carboxylic acids is 1. The van der Waals surface area contributed by atoms with Gasteiger partial charge in [-0.15, -0.1) is 0 Å². The maximum atomic E-state index is 12.4. The zero-order chi connectivity index (χ0) is 14.4. The topological polar surface area (TPSA) is 62.7 Å². The molecule has 0 aliphatic carbocycles. The lowest BCUT2D eigenvalue weighted by Gasteiger charge is -2.21. The van der Waals surface area contributed by atoms with E-state index in [0.29, 0.717) is 17.7 Å². The summed E-state index contributed by atoms with van der Waals surface area (Å²) >= 11 is 0. The fourth-order valence-electron chi connectivity index (χ4n) is 2.20. The monoisotopic (exact) mass is 274 g/mol. The van der Waals surface area contributed by atoms with E-state index < -0.39 is 0 Å². The quantitative estimate of drug-likeness (QED) is 0.823. The zero-order valence-corrected chi connectivity index (χ0v) is 11.5. The van der Waals surface area contributed by atoms with Crippen LogP contribution >= 0.6 is 0 Å². The molecular weight excluding hydrogens is 256 g/mol. The van der Waals surface area contributed by atoms with Gasteiger partial charge in [-0.3, -0.25) is 9.78 Å². The van der Waals surface area contributed by atoms with Crippen molar-refractivity contribution in [2.24, 2.45) is 0 Å². The van der Waals surface area contributed by atoms with Gasteiger partial charge >= 0.3 is 0 Å². The van der Waals surface area contributed by atoms with Crippen molar-refractivity contribution >= 4 is 5.91 Å². The Morgan fingerprint density at radius 2 is 2.50 bits per heavy atom. The number of nitrogens with zero attached hydrogens (tertiary/aromatic N) is 2. The molecule has 20 heavy (non-hydrogen) atoms. The summed E-state index contributed by atoms with van der Waals surface area (Å²) in [5.41, 5.74) is 1.03. The van der Waals surface area contributed by atoms with Gasteiger partial charge in [0.2, 0.25) is 0 Å². The minimum atomic E-state index is -0.242. The summed E-state index contributed by atoms with van der Waals surface area (Å²) in [4.78, 5) is 18.0. The Labute approximate surface area is 118 Å². The molecule has 1 fully saturated rings. The molecule has 1 aromatic rings. The second-order valence-corrected chi connectivity index (χ2v) is 4.70. The molecule has 1 aromatic heterocycles. The smallest absolute Gasteiger partial charge is 0.255 e. The van der Waals surface area contributed by atoms with Crippen LogP contribution in [-0.2, 0) is 4.74 Å². The summed E-state index contributed by atoms with van der Waals surface area (Å²) in [5.74, 6) is 5.19. The molecule has 1 saturated heterocycles. The molecular formula is C15H18N2O3. The van der Waals surface area contributed by atoms with Gasteiger partial charge in [0.05, 0.1) is 17.2 Å². The molecule has 0 saturated carbocycles. The number of rotatable bonds is 3. The number of aromatic nitrogens is 1. The predicted molar refractivity (Wildman–Crippen MR) is 74.1 cm³/mol. The van der Waals surface area contributed by atoms with Gasteiger partial charge in [-0.2, -0.15) is 0 Å². The van der Waals surface area contributed by atoms with Gasteiger partial charge in [0.25, 0.3) is 5.91 Å². The number of amides is 1. The van der Waals surface area contributed by atoms with Crippen LogP contribution in [0.2, 0.25) is 0 Å². The van der Waals surface area contributed by atoms with Crippen LogP contribution in [0.1, 0.15) is 28.8 Å². The summed E-state index contributed by atoms with van der Waals surface area (Å²) in [7, 11) is 1.76. The van der Waals surface area contributed by atoms with Gasteiger partial charge in [0.1, 0.15) is 6.61 Å². The number of aliphatic hydroxyl groups excluding tert-OH is 1. The Morgan fingerprint density at radius 3 is 3.20 bits per heavy atom. The van der Waals surface area contributed by atoms with Gasteiger partial charge in [-0.1, -0.05) is 11.8 Å². The van der Waals surface area contributed by atoms with Gasteiger partial charge in [0.15, 0.2) is 0 Å². The SMILES string of the molecule is CN(CC1CCCO1)C(=O)c1ccncc1C#CCO. The Hall–Kier alpha value is -1.90. The van der Waals surface area contributed by atoms with Crippen molar-refractivity contribution in [3.05, 3.63) is 29.6 Å². The Morgan fingerprint density at radius 1 is 1.65 bits per heavy atom. The van der Waals surface area contributed by atoms with Crippen molar-refractivity contribution in [1.82, 2.24) is 9.88 Å². The highest BCUT2D eigenvalue weighted by Gasteiger charge is 2.21. The van der Waals surface area contributed by atoms with Crippen molar-refractivity contribution < 1.29 is 14.6 Å². The Balaban J connectivity index is 2.11. The fourth-order valence-corrected chi connectivity index (χ4v) is 2.20. The van der Waals surface area contributed by atoms with Crippen LogP contribution < -0.4 is 0 Å². The summed E-state index contributed by atoms with van der Waals surface area (Å²) in [6.45, 7) is 1.11. The molecule has 2 rings (SSSR count). The summed E-state index contributed by atoms with van der Waals surface area (Å²) in [5, 5.41) is 8.75. The Bertz CT molecular complexity index is 527. The van der Waals surface area contributed by atoms with E-state index in [2.05, 4.69) is 16.8 Å². The summed E-state index contributed by atoms with van der Waals surface area (Å²) in [6.07, 6.45) is 5.27. The van der Waals surface area contributed by atoms with Crippen LogP contribution in [0.15, 0.2) is 18.5 Å². The maximum absolute atomic E-state index is 12.4. The summed E-state index contributed by atoms with van der Waals surface area (Å²) < 4.78 is 5.54. The van der Waals surface area contributed by atoms with Crippen LogP contribution in [0.5, 0.6) is 0 Å². The van der Waals surface area contributed by atoms with Crippen molar-refractivity contribution in [2.45, 2.75) is 18.9 Å². The van der Waals surface area contributed by atoms with Crippen LogP contribution in [0.3, 0.4) is 0 Å². The van der Waals surface area contributed by atoms with Crippen molar-refractivity contribution in [1.29, 1.82) is 0 Å². The highest BCUT2D eigenvalue weighted by atomic mass is 16.5. The number of hydrogen-bond donors (Lipinski definition) is 1. The first-order valence-electron chi connectivity index (χ1n) is 6.63. The molecule has 1 atom stereocenters. The molecule has 0 bridgehead atoms. The van der Waals surface area contributed by atoms with Crippen LogP contribution in [0.4, 0.5) is 0 Å². The average Bonchev–Trinajstić information content (AvgIpc) is 2.97. The number of carbonyl (C=O) groups is 1. The van der Waals surface area contributed by atoms with E-state index in [0.717, 1.165) is 19.4 Å². The van der Waals surface area contributed by atoms with E-state index in [1.54, 1.807) is 24.2 Å². The Kier molecular flexibility index (Phi) is 5.10. The van der Waals surface area contributed by atoms with Crippen LogP contribution in [0.25, 0.3) is 0 Å². The van der Waals surface area contributed by atoms with E-state index in [-0.39, 0.29) is 18.6 Å². The highest BCUT2D eigenvalue weighted by Crippen LogP contribution is 2.15. The minimum absolute atomic E-state index is 0.106. The molecule has 5 heteroatoms. The van der Waals surface area contributed by atoms with E-state index in [1.807, 2.05) is 0 Å². The van der Waals surface area contributed by atoms with Crippen LogP contribution in [0, 0.1) is 11.8 Å². The third-order valence-electron chi connectivity index (χ3n) is 3.20. The molecule has 1 aliphatic heterocycles. The molecule has 0 aromatic carbocycles.